The molecule has 1 aliphatic carbocycles. The van der Waals surface area contributed by atoms with Crippen molar-refractivity contribution in [3.8, 4) is 0 Å². The van der Waals surface area contributed by atoms with E-state index in [1.54, 1.807) is 0 Å². The fourth-order valence-electron chi connectivity index (χ4n) is 2.63. The first kappa shape index (κ1) is 17.0. The van der Waals surface area contributed by atoms with Crippen molar-refractivity contribution in [1.82, 2.24) is 0 Å². The Kier molecular flexibility index (Phi) is 5.63. The van der Waals surface area contributed by atoms with Gasteiger partial charge in [0.1, 0.15) is 5.00 Å². The number of carbonyl (C=O) groups excluding carboxylic acids is 3. The highest BCUT2D eigenvalue weighted by molar-refractivity contribution is 8.14. The SMILES string of the molecule is CC[C@H](SC(C)=O)C(=O)Nc1sc2c(c1C(N)=O)CCCC2. The molecule has 0 saturated heterocycles. The number of primary amides is 1. The molecule has 1 aromatic heterocycles. The number of thioether (sulfide) groups is 1. The Morgan fingerprint density at radius 3 is 2.59 bits per heavy atom. The normalized spacial score (nSPS) is 15.0. The molecule has 1 heterocycles. The topological polar surface area (TPSA) is 89.3 Å². The van der Waals surface area contributed by atoms with E-state index in [1.807, 2.05) is 6.92 Å². The van der Waals surface area contributed by atoms with Crippen molar-refractivity contribution in [3.05, 3.63) is 16.0 Å². The van der Waals surface area contributed by atoms with E-state index >= 15 is 0 Å². The van der Waals surface area contributed by atoms with E-state index in [1.165, 1.54) is 18.3 Å². The summed E-state index contributed by atoms with van der Waals surface area (Å²) in [7, 11) is 0. The van der Waals surface area contributed by atoms with E-state index in [4.69, 9.17) is 5.73 Å². The van der Waals surface area contributed by atoms with E-state index in [2.05, 4.69) is 5.32 Å². The average Bonchev–Trinajstić information content (AvgIpc) is 2.82. The summed E-state index contributed by atoms with van der Waals surface area (Å²) < 4.78 is 0. The largest absolute Gasteiger partial charge is 0.365 e. The number of hydrogen-bond donors (Lipinski definition) is 2. The Labute approximate surface area is 138 Å². The van der Waals surface area contributed by atoms with Crippen molar-refractivity contribution in [3.63, 3.8) is 0 Å². The second-order valence-electron chi connectivity index (χ2n) is 5.27. The average molecular weight is 340 g/mol. The zero-order valence-corrected chi connectivity index (χ0v) is 14.4. The van der Waals surface area contributed by atoms with Crippen molar-refractivity contribution in [2.45, 2.75) is 51.2 Å². The first-order chi connectivity index (χ1) is 10.4. The van der Waals surface area contributed by atoms with Crippen molar-refractivity contribution in [1.29, 1.82) is 0 Å². The Morgan fingerprint density at radius 1 is 1.32 bits per heavy atom. The Bertz CT molecular complexity index is 610. The first-order valence-corrected chi connectivity index (χ1v) is 9.06. The Morgan fingerprint density at radius 2 is 2.00 bits per heavy atom. The molecular weight excluding hydrogens is 320 g/mol. The summed E-state index contributed by atoms with van der Waals surface area (Å²) in [6.45, 7) is 3.30. The number of nitrogens with one attached hydrogen (secondary N) is 1. The van der Waals surface area contributed by atoms with E-state index in [0.29, 0.717) is 17.0 Å². The van der Waals surface area contributed by atoms with Gasteiger partial charge in [-0.3, -0.25) is 14.4 Å². The lowest BCUT2D eigenvalue weighted by molar-refractivity contribution is -0.116. The minimum atomic E-state index is -0.498. The number of aryl methyl sites for hydroxylation is 1. The van der Waals surface area contributed by atoms with Crippen LogP contribution >= 0.6 is 23.1 Å². The molecular formula is C15H20N2O3S2. The van der Waals surface area contributed by atoms with Crippen LogP contribution in [0.1, 0.15) is 53.9 Å². The van der Waals surface area contributed by atoms with Gasteiger partial charge >= 0.3 is 0 Å². The molecule has 0 aliphatic heterocycles. The molecule has 1 aromatic rings. The van der Waals surface area contributed by atoms with Crippen molar-refractivity contribution in [2.24, 2.45) is 5.73 Å². The van der Waals surface area contributed by atoms with Gasteiger partial charge in [-0.15, -0.1) is 11.3 Å². The number of amides is 2. The molecule has 0 unspecified atom stereocenters. The third-order valence-electron chi connectivity index (χ3n) is 3.63. The number of fused-ring (bicyclic) bond motifs is 1. The molecule has 120 valence electrons. The fourth-order valence-corrected chi connectivity index (χ4v) is 4.66. The van der Waals surface area contributed by atoms with Crippen LogP contribution in [-0.4, -0.2) is 22.2 Å². The van der Waals surface area contributed by atoms with E-state index in [9.17, 15) is 14.4 Å². The van der Waals surface area contributed by atoms with Crippen LogP contribution in [0, 0.1) is 0 Å². The molecule has 5 nitrogen and oxygen atoms in total. The van der Waals surface area contributed by atoms with E-state index in [-0.39, 0.29) is 11.0 Å². The van der Waals surface area contributed by atoms with Gasteiger partial charge in [0.15, 0.2) is 5.12 Å². The van der Waals surface area contributed by atoms with Crippen LogP contribution in [0.25, 0.3) is 0 Å². The van der Waals surface area contributed by atoms with Gasteiger partial charge in [-0.05, 0) is 37.7 Å². The zero-order valence-electron chi connectivity index (χ0n) is 12.7. The van der Waals surface area contributed by atoms with Crippen LogP contribution in [-0.2, 0) is 22.4 Å². The van der Waals surface area contributed by atoms with Crippen LogP contribution in [0.4, 0.5) is 5.00 Å². The second-order valence-corrected chi connectivity index (χ2v) is 7.76. The van der Waals surface area contributed by atoms with E-state index < -0.39 is 11.2 Å². The molecule has 1 atom stereocenters. The lowest BCUT2D eigenvalue weighted by Gasteiger charge is -2.13. The second kappa shape index (κ2) is 7.28. The molecule has 0 fully saturated rings. The maximum Gasteiger partial charge on any atom is 0.251 e. The number of rotatable bonds is 5. The van der Waals surface area contributed by atoms with Gasteiger partial charge < -0.3 is 11.1 Å². The van der Waals surface area contributed by atoms with E-state index in [0.717, 1.165) is 47.9 Å². The standard InChI is InChI=1S/C15H20N2O3S2/c1-3-10(21-8(2)18)14(20)17-15-12(13(16)19)9-6-4-5-7-11(9)22-15/h10H,3-7H2,1-2H3,(H2,16,19)(H,17,20)/t10-/m0/s1. The minimum absolute atomic E-state index is 0.0948. The maximum atomic E-state index is 12.3. The van der Waals surface area contributed by atoms with Crippen LogP contribution in [0.15, 0.2) is 0 Å². The summed E-state index contributed by atoms with van der Waals surface area (Å²) in [5, 5.41) is 2.80. The molecule has 2 rings (SSSR count). The number of carbonyl (C=O) groups is 3. The van der Waals surface area contributed by atoms with Gasteiger partial charge in [0.05, 0.1) is 10.8 Å². The van der Waals surface area contributed by atoms with Crippen molar-refractivity contribution >= 4 is 45.0 Å². The van der Waals surface area contributed by atoms with Crippen molar-refractivity contribution in [2.75, 3.05) is 5.32 Å². The molecule has 2 amide bonds. The van der Waals surface area contributed by atoms with Gasteiger partial charge in [0.2, 0.25) is 5.91 Å². The number of nitrogens with two attached hydrogens (primary N) is 1. The molecule has 1 aliphatic rings. The lowest BCUT2D eigenvalue weighted by atomic mass is 9.95. The van der Waals surface area contributed by atoms with Crippen LogP contribution in [0.3, 0.4) is 0 Å². The predicted octanol–water partition coefficient (Wildman–Crippen LogP) is 2.72. The molecule has 0 bridgehead atoms. The smallest absolute Gasteiger partial charge is 0.251 e. The van der Waals surface area contributed by atoms with Gasteiger partial charge in [-0.25, -0.2) is 0 Å². The van der Waals surface area contributed by atoms with Crippen LogP contribution in [0.2, 0.25) is 0 Å². The monoisotopic (exact) mass is 340 g/mol. The molecule has 0 aromatic carbocycles. The third-order valence-corrected chi connectivity index (χ3v) is 6.00. The highest BCUT2D eigenvalue weighted by atomic mass is 32.2. The van der Waals surface area contributed by atoms with Crippen LogP contribution < -0.4 is 11.1 Å². The molecule has 7 heteroatoms. The summed E-state index contributed by atoms with van der Waals surface area (Å²) in [6, 6.07) is 0. The first-order valence-electron chi connectivity index (χ1n) is 7.36. The highest BCUT2D eigenvalue weighted by Gasteiger charge is 2.27. The lowest BCUT2D eigenvalue weighted by Crippen LogP contribution is -2.26. The Balaban J connectivity index is 2.25. The number of anilines is 1. The molecule has 0 radical (unpaired) electrons. The third kappa shape index (κ3) is 3.70. The minimum Gasteiger partial charge on any atom is -0.365 e. The van der Waals surface area contributed by atoms with Gasteiger partial charge in [0, 0.05) is 11.8 Å². The predicted molar refractivity (Wildman–Crippen MR) is 90.5 cm³/mol. The van der Waals surface area contributed by atoms with Crippen molar-refractivity contribution < 1.29 is 14.4 Å². The molecule has 3 N–H and O–H groups in total. The van der Waals surface area contributed by atoms with Gasteiger partial charge in [-0.2, -0.15) is 0 Å². The van der Waals surface area contributed by atoms with Gasteiger partial charge in [0.25, 0.3) is 5.91 Å². The van der Waals surface area contributed by atoms with Crippen LogP contribution in [0.5, 0.6) is 0 Å². The van der Waals surface area contributed by atoms with Gasteiger partial charge in [-0.1, -0.05) is 18.7 Å². The summed E-state index contributed by atoms with van der Waals surface area (Å²) >= 11 is 2.45. The zero-order chi connectivity index (χ0) is 16.3. The quantitative estimate of drug-likeness (QED) is 0.862. The number of hydrogen-bond acceptors (Lipinski definition) is 5. The maximum absolute atomic E-state index is 12.3. The molecule has 22 heavy (non-hydrogen) atoms. The molecule has 0 saturated carbocycles. The summed E-state index contributed by atoms with van der Waals surface area (Å²) in [4.78, 5) is 36.5. The molecule has 0 spiro atoms. The highest BCUT2D eigenvalue weighted by Crippen LogP contribution is 2.38. The number of thiophene rings is 1. The Hall–Kier alpha value is -1.34. The fraction of sp³-hybridized carbons (Fsp3) is 0.533. The summed E-state index contributed by atoms with van der Waals surface area (Å²) in [6.07, 6.45) is 4.44. The summed E-state index contributed by atoms with van der Waals surface area (Å²) in [5.74, 6) is -0.745. The summed E-state index contributed by atoms with van der Waals surface area (Å²) in [5.41, 5.74) is 6.95.